The van der Waals surface area contributed by atoms with Crippen molar-refractivity contribution in [2.45, 2.75) is 289 Å². The van der Waals surface area contributed by atoms with Gasteiger partial charge in [0.25, 0.3) is 0 Å². The minimum atomic E-state index is -1.86. The van der Waals surface area contributed by atoms with Gasteiger partial charge in [-0.1, -0.05) is 75.7 Å². The molecule has 1 rings (SSSR count). The number of nitrogens with one attached hydrogen (secondary N) is 17. The number of unbranched alkanes of at least 4 members (excludes halogenated alkanes) is 1. The van der Waals surface area contributed by atoms with Crippen LogP contribution in [0.25, 0.3) is 0 Å². The number of carboxylic acid groups (broad SMARTS) is 2. The molecule has 1 aliphatic heterocycles. The minimum absolute atomic E-state index is 0.00254. The third kappa shape index (κ3) is 43.5. The van der Waals surface area contributed by atoms with E-state index in [-0.39, 0.29) is 94.5 Å². The van der Waals surface area contributed by atoms with Crippen LogP contribution in [0.4, 0.5) is 0 Å². The molecule has 0 unspecified atom stereocenters. The molecule has 0 aromatic heterocycles. The zero-order valence-electron chi connectivity index (χ0n) is 76.7. The number of carboxylic acids is 2. The van der Waals surface area contributed by atoms with E-state index < -0.39 is 295 Å². The smallest absolute Gasteiger partial charge is 0.326 e. The highest BCUT2D eigenvalue weighted by molar-refractivity contribution is 7.80. The minimum Gasteiger partial charge on any atom is -0.481 e. The molecule has 51 heteroatoms. The Balaban J connectivity index is 3.25. The molecule has 0 spiro atoms. The van der Waals surface area contributed by atoms with Crippen LogP contribution in [0.5, 0.6) is 0 Å². The maximum atomic E-state index is 14.4. The number of carbonyl (C=O) groups excluding carboxylic acids is 19. The summed E-state index contributed by atoms with van der Waals surface area (Å²) < 4.78 is 0. The van der Waals surface area contributed by atoms with Crippen LogP contribution in [0.2, 0.25) is 0 Å². The first-order valence-electron chi connectivity index (χ1n) is 43.3. The van der Waals surface area contributed by atoms with E-state index in [1.54, 1.807) is 69.2 Å². The fraction of sp³-hybridized carbons (Fsp3) is 0.725. The molecule has 0 radical (unpaired) electrons. The lowest BCUT2D eigenvalue weighted by Crippen LogP contribution is -2.61. The monoisotopic (exact) mass is 1900 g/mol. The number of aliphatic hydroxyl groups is 2. The van der Waals surface area contributed by atoms with Crippen LogP contribution in [0.15, 0.2) is 4.99 Å². The van der Waals surface area contributed by atoms with Crippen LogP contribution in [-0.2, 0) is 101 Å². The number of hydrogen-bond acceptors (Lipinski definition) is 28. The van der Waals surface area contributed by atoms with Gasteiger partial charge in [-0.15, -0.1) is 0 Å². The summed E-state index contributed by atoms with van der Waals surface area (Å²) in [6.45, 7) is 18.9. The molecule has 19 amide bonds. The molecule has 19 atom stereocenters. The van der Waals surface area contributed by atoms with Crippen LogP contribution in [-0.4, -0.2) is 315 Å². The van der Waals surface area contributed by atoms with Crippen LogP contribution >= 0.6 is 25.3 Å². The number of rotatable bonds is 61. The number of primary amides is 1. The first-order valence-corrected chi connectivity index (χ1v) is 44.6. The Hall–Kier alpha value is -11.3. The summed E-state index contributed by atoms with van der Waals surface area (Å²) in [5.74, 6) is -24.4. The highest BCUT2D eigenvalue weighted by Crippen LogP contribution is 2.21. The molecule has 131 heavy (non-hydrogen) atoms. The van der Waals surface area contributed by atoms with E-state index in [4.69, 9.17) is 28.7 Å². The Kier molecular flexibility index (Phi) is 53.8. The fourth-order valence-corrected chi connectivity index (χ4v) is 13.5. The summed E-state index contributed by atoms with van der Waals surface area (Å²) in [4.78, 5) is 287. The highest BCUT2D eigenvalue weighted by Gasteiger charge is 2.42. The van der Waals surface area contributed by atoms with Gasteiger partial charge in [-0.25, -0.2) is 4.79 Å². The van der Waals surface area contributed by atoms with Gasteiger partial charge in [0, 0.05) is 31.0 Å². The van der Waals surface area contributed by atoms with E-state index in [0.29, 0.717) is 12.8 Å². The highest BCUT2D eigenvalue weighted by atomic mass is 32.1. The lowest BCUT2D eigenvalue weighted by molar-refractivity contribution is -0.143. The molecule has 1 saturated heterocycles. The predicted molar refractivity (Wildman–Crippen MR) is 480 cm³/mol. The van der Waals surface area contributed by atoms with Crippen molar-refractivity contribution in [2.24, 2.45) is 63.3 Å². The van der Waals surface area contributed by atoms with Gasteiger partial charge >= 0.3 is 11.9 Å². The lowest BCUT2D eigenvalue weighted by atomic mass is 9.96. The Morgan fingerprint density at radius 2 is 0.809 bits per heavy atom. The molecule has 1 fully saturated rings. The molecule has 0 aromatic rings. The Morgan fingerprint density at radius 3 is 1.27 bits per heavy atom. The number of thiol groups is 2. The maximum absolute atomic E-state index is 14.4. The topological polar surface area (TPSA) is 790 Å². The van der Waals surface area contributed by atoms with E-state index in [9.17, 15) is 121 Å². The molecule has 0 aromatic carbocycles. The van der Waals surface area contributed by atoms with Crippen LogP contribution < -0.4 is 119 Å². The lowest BCUT2D eigenvalue weighted by Gasteiger charge is -2.29. The molecular formula is C80H140N24O25S2. The van der Waals surface area contributed by atoms with E-state index in [0.717, 1.165) is 13.8 Å². The maximum Gasteiger partial charge on any atom is 0.326 e. The number of hydrogen-bond donors (Lipinski definition) is 28. The quantitative estimate of drug-likeness (QED) is 0.0116. The molecule has 1 aliphatic rings. The van der Waals surface area contributed by atoms with Crippen molar-refractivity contribution in [3.63, 3.8) is 0 Å². The molecule has 49 nitrogen and oxygen atoms in total. The zero-order chi connectivity index (χ0) is 100. The van der Waals surface area contributed by atoms with Crippen molar-refractivity contribution in [1.29, 1.82) is 0 Å². The number of aliphatic imine (C=N–C) groups is 1. The number of likely N-dealkylation sites (tertiary alicyclic amines) is 1. The number of guanidine groups is 1. The van der Waals surface area contributed by atoms with E-state index in [1.165, 1.54) is 18.7 Å². The first-order chi connectivity index (χ1) is 61.2. The summed E-state index contributed by atoms with van der Waals surface area (Å²) in [7, 11) is 0. The van der Waals surface area contributed by atoms with E-state index >= 15 is 0 Å². The predicted octanol–water partition coefficient (Wildman–Crippen LogP) is -9.44. The molecule has 1 heterocycles. The first kappa shape index (κ1) is 118. The molecule has 0 saturated carbocycles. The summed E-state index contributed by atoms with van der Waals surface area (Å²) in [6.07, 6.45) is -4.11. The van der Waals surface area contributed by atoms with Crippen LogP contribution in [0.1, 0.15) is 180 Å². The number of nitrogens with two attached hydrogens (primary N) is 5. The van der Waals surface area contributed by atoms with Crippen molar-refractivity contribution >= 4 is 155 Å². The molecule has 0 bridgehead atoms. The Morgan fingerprint density at radius 1 is 0.427 bits per heavy atom. The number of amides is 19. The second-order valence-corrected chi connectivity index (χ2v) is 34.3. The third-order valence-corrected chi connectivity index (χ3v) is 21.2. The average Bonchev–Trinajstić information content (AvgIpc) is 1.68. The van der Waals surface area contributed by atoms with Crippen molar-refractivity contribution < 1.29 is 121 Å². The zero-order valence-corrected chi connectivity index (χ0v) is 78.5. The Bertz CT molecular complexity index is 3950. The Labute approximate surface area is 771 Å². The molecule has 31 N–H and O–H groups in total. The van der Waals surface area contributed by atoms with Crippen molar-refractivity contribution in [3.8, 4) is 0 Å². The van der Waals surface area contributed by atoms with Crippen molar-refractivity contribution in [1.82, 2.24) is 95.3 Å². The van der Waals surface area contributed by atoms with E-state index in [2.05, 4.69) is 121 Å². The van der Waals surface area contributed by atoms with Gasteiger partial charge in [0.2, 0.25) is 112 Å². The van der Waals surface area contributed by atoms with Gasteiger partial charge in [0.05, 0.1) is 44.3 Å². The number of aliphatic carboxylic acids is 2. The fourth-order valence-electron chi connectivity index (χ4n) is 13.0. The second kappa shape index (κ2) is 59.9. The third-order valence-electron chi connectivity index (χ3n) is 20.5. The molecule has 742 valence electrons. The largest absolute Gasteiger partial charge is 0.481 e. The summed E-state index contributed by atoms with van der Waals surface area (Å²) in [5.41, 5.74) is 27.4. The molecule has 0 aliphatic carbocycles. The van der Waals surface area contributed by atoms with Gasteiger partial charge in [-0.05, 0) is 128 Å². The molecular weight excluding hydrogens is 1760 g/mol. The standard InChI is InChI=1S/C80H140N24O25S2/c1-15-40(10)61(77(126)93-45(20-16-17-25-81)65(114)102-62(43(13)105)74(123)88-31-55(108)90-42(12)78(127)104-27-19-22-53(104)72(121)98-51(34-130)70(119)94-47(79(128)129)21-18-26-86-80(84)85)101-66(115)46(23-24-54(83)107)91-56(109)32-89-75(124)63(44(14)106)103-71(120)52(35-131)97-67(116)48(28-36(2)3)92-57(110)33-87-73(122)59(38(6)7)100-76(125)60(39(8)9)99-69(118)49(29-37(4)5)96-68(117)50(30-58(111)112)95-64(113)41(11)82/h36-53,59-63,105-106,130-131H,15-35,81-82H2,1-14H3,(H2,83,107)(H,87,122)(H,88,123)(H,89,124)(H,90,108)(H,91,109)(H,92,110)(H,93,126)(H,94,119)(H,95,113)(H,96,117)(H,97,116)(H,98,121)(H,99,118)(H,100,125)(H,101,115)(H,102,114)(H,103,120)(H,111,112)(H,128,129)(H4,84,85,86)/t40-,41-,42-,43+,44+,45-,46-,47-,48-,49-,50-,51-,52-,53-,59-,60-,61-,62-,63-/m0/s1. The van der Waals surface area contributed by atoms with Crippen LogP contribution in [0, 0.1) is 29.6 Å². The van der Waals surface area contributed by atoms with Gasteiger partial charge in [0.15, 0.2) is 5.96 Å². The van der Waals surface area contributed by atoms with E-state index in [1.807, 2.05) is 0 Å². The van der Waals surface area contributed by atoms with Gasteiger partial charge in [-0.2, -0.15) is 25.3 Å². The number of aliphatic hydroxyl groups excluding tert-OH is 2. The van der Waals surface area contributed by atoms with Gasteiger partial charge in [0.1, 0.15) is 90.6 Å². The number of nitrogens with zero attached hydrogens (tertiary/aromatic N) is 2. The van der Waals surface area contributed by atoms with Gasteiger partial charge < -0.3 is 144 Å². The van der Waals surface area contributed by atoms with Crippen LogP contribution in [0.3, 0.4) is 0 Å². The SMILES string of the molecule is CC[C@H](C)[C@H](NC(=O)[C@H](CCC(N)=O)NC(=O)CNC(=O)[C@@H](NC(=O)[C@H](CS)NC(=O)[C@H](CC(C)C)NC(=O)CNC(=O)[C@@H](NC(=O)[C@@H](NC(=O)[C@H](CC(C)C)NC(=O)[C@H](CC(=O)O)NC(=O)[C@H](C)N)C(C)C)C(C)C)[C@@H](C)O)C(=O)N[C@@H](CCCCN)C(=O)N[C@H](C(=O)NCC(=O)N[C@@H](C)C(=O)N1CCC[C@H]1C(=O)N[C@@H](CS)C(=O)N[C@@H](CCCN=C(N)N)C(=O)O)[C@@H](C)O. The van der Waals surface area contributed by atoms with Crippen molar-refractivity contribution in [3.05, 3.63) is 0 Å². The normalized spacial score (nSPS) is 16.5. The number of carbonyl (C=O) groups is 21. The average molecular weight is 1900 g/mol. The van der Waals surface area contributed by atoms with Crippen molar-refractivity contribution in [2.75, 3.05) is 50.8 Å². The summed E-state index contributed by atoms with van der Waals surface area (Å²) in [5, 5.41) is 81.9. The van der Waals surface area contributed by atoms with Gasteiger partial charge in [-0.3, -0.25) is 101 Å². The second-order valence-electron chi connectivity index (χ2n) is 33.6. The summed E-state index contributed by atoms with van der Waals surface area (Å²) >= 11 is 8.35. The summed E-state index contributed by atoms with van der Waals surface area (Å²) in [6, 6.07) is -23.2.